The van der Waals surface area contributed by atoms with E-state index in [1.54, 1.807) is 6.21 Å². The number of carbonyl (C=O) groups excluding carboxylic acids is 1. The molecular weight excluding hydrogens is 560 g/mol. The number of hydrogen-bond acceptors (Lipinski definition) is 6. The van der Waals surface area contributed by atoms with Gasteiger partial charge in [-0.25, -0.2) is 9.97 Å². The second-order valence-electron chi connectivity index (χ2n) is 6.51. The molecule has 152 valence electrons. The number of hydrogen-bond donors (Lipinski definition) is 0. The number of halogens is 2. The van der Waals surface area contributed by atoms with Gasteiger partial charge in [0.05, 0.1) is 26.6 Å². The monoisotopic (exact) mass is 570 g/mol. The summed E-state index contributed by atoms with van der Waals surface area (Å²) in [7, 11) is 0. The molecule has 2 heterocycles. The van der Waals surface area contributed by atoms with E-state index in [9.17, 15) is 4.79 Å². The van der Waals surface area contributed by atoms with Crippen LogP contribution in [-0.2, 0) is 0 Å². The minimum absolute atomic E-state index is 0.312. The molecule has 0 bridgehead atoms. The summed E-state index contributed by atoms with van der Waals surface area (Å²) in [5, 5.41) is 6.70. The van der Waals surface area contributed by atoms with Crippen molar-refractivity contribution in [2.24, 2.45) is 5.10 Å². The van der Waals surface area contributed by atoms with Crippen molar-refractivity contribution in [2.75, 3.05) is 5.01 Å². The number of benzene rings is 3. The van der Waals surface area contributed by atoms with E-state index in [0.717, 1.165) is 34.9 Å². The summed E-state index contributed by atoms with van der Waals surface area (Å²) < 4.78 is 3.85. The van der Waals surface area contributed by atoms with Gasteiger partial charge in [0.2, 0.25) is 5.13 Å². The highest BCUT2D eigenvalue weighted by molar-refractivity contribution is 9.10. The minimum Gasteiger partial charge on any atom is -0.264 e. The Bertz CT molecular complexity index is 1410. The largest absolute Gasteiger partial charge is 0.309 e. The van der Waals surface area contributed by atoms with Crippen LogP contribution in [0.15, 0.2) is 80.8 Å². The van der Waals surface area contributed by atoms with Crippen molar-refractivity contribution < 1.29 is 4.79 Å². The van der Waals surface area contributed by atoms with Gasteiger partial charge in [0.1, 0.15) is 0 Å². The number of para-hydroxylation sites is 1. The Morgan fingerprint density at radius 1 is 0.871 bits per heavy atom. The van der Waals surface area contributed by atoms with E-state index < -0.39 is 0 Å². The van der Waals surface area contributed by atoms with Crippen molar-refractivity contribution in [3.63, 3.8) is 0 Å². The van der Waals surface area contributed by atoms with Crippen LogP contribution in [0.2, 0.25) is 0 Å². The van der Waals surface area contributed by atoms with Gasteiger partial charge in [0.25, 0.3) is 0 Å². The lowest BCUT2D eigenvalue weighted by molar-refractivity contribution is 0.0987. The highest BCUT2D eigenvalue weighted by Crippen LogP contribution is 2.33. The molecule has 9 heteroatoms. The van der Waals surface area contributed by atoms with E-state index in [0.29, 0.717) is 10.1 Å². The summed E-state index contributed by atoms with van der Waals surface area (Å²) in [5.41, 5.74) is 2.47. The molecule has 0 atom stereocenters. The third-order valence-corrected chi connectivity index (χ3v) is 7.42. The Labute approximate surface area is 202 Å². The molecule has 0 aliphatic carbocycles. The van der Waals surface area contributed by atoms with Crippen LogP contribution in [0.5, 0.6) is 0 Å². The third-order valence-electron chi connectivity index (χ3n) is 4.38. The molecule has 5 nitrogen and oxygen atoms in total. The van der Waals surface area contributed by atoms with E-state index >= 15 is 0 Å². The molecule has 5 rings (SSSR count). The predicted molar refractivity (Wildman–Crippen MR) is 135 cm³/mol. The zero-order valence-electron chi connectivity index (χ0n) is 15.7. The van der Waals surface area contributed by atoms with Crippen molar-refractivity contribution in [1.82, 2.24) is 9.97 Å². The van der Waals surface area contributed by atoms with Crippen molar-refractivity contribution in [3.05, 3.63) is 86.2 Å². The van der Waals surface area contributed by atoms with Gasteiger partial charge < -0.3 is 0 Å². The summed E-state index contributed by atoms with van der Waals surface area (Å²) in [6.07, 6.45) is 1.65. The second-order valence-corrected chi connectivity index (χ2v) is 10.4. The molecule has 0 fully saturated rings. The summed E-state index contributed by atoms with van der Waals surface area (Å²) in [6.45, 7) is 0. The first-order chi connectivity index (χ1) is 15.1. The Hall–Kier alpha value is -2.46. The predicted octanol–water partition coefficient (Wildman–Crippen LogP) is 7.11. The Kier molecular flexibility index (Phi) is 5.66. The van der Waals surface area contributed by atoms with Crippen LogP contribution in [0, 0.1) is 0 Å². The van der Waals surface area contributed by atoms with Crippen LogP contribution >= 0.6 is 54.5 Å². The van der Waals surface area contributed by atoms with Gasteiger partial charge in [0, 0.05) is 8.95 Å². The molecule has 0 saturated carbocycles. The van der Waals surface area contributed by atoms with E-state index in [1.165, 1.54) is 27.7 Å². The van der Waals surface area contributed by atoms with Crippen LogP contribution in [0.1, 0.15) is 15.4 Å². The maximum atomic E-state index is 13.4. The lowest BCUT2D eigenvalue weighted by atomic mass is 10.2. The van der Waals surface area contributed by atoms with Crippen molar-refractivity contribution in [3.8, 4) is 0 Å². The number of hydrazone groups is 1. The quantitative estimate of drug-likeness (QED) is 0.170. The maximum absolute atomic E-state index is 13.4. The number of rotatable bonds is 4. The smallest absolute Gasteiger partial charge is 0.264 e. The molecule has 31 heavy (non-hydrogen) atoms. The number of fused-ring (bicyclic) bond motifs is 2. The molecule has 5 aromatic rings. The van der Waals surface area contributed by atoms with E-state index in [-0.39, 0.29) is 5.91 Å². The molecular formula is C22H12Br2N4OS2. The number of anilines is 1. The van der Waals surface area contributed by atoms with Gasteiger partial charge in [0.15, 0.2) is 5.01 Å². The number of nitrogens with zero attached hydrogens (tertiary/aromatic N) is 4. The highest BCUT2D eigenvalue weighted by Gasteiger charge is 2.24. The van der Waals surface area contributed by atoms with Crippen LogP contribution in [0.3, 0.4) is 0 Å². The van der Waals surface area contributed by atoms with Gasteiger partial charge in [-0.15, -0.1) is 11.3 Å². The summed E-state index contributed by atoms with van der Waals surface area (Å²) in [6, 6.07) is 21.2. The van der Waals surface area contributed by atoms with Crippen molar-refractivity contribution >= 4 is 92.2 Å². The number of carbonyl (C=O) groups is 1. The molecule has 0 spiro atoms. The second kappa shape index (κ2) is 8.58. The average molecular weight is 572 g/mol. The van der Waals surface area contributed by atoms with E-state index in [2.05, 4.69) is 46.9 Å². The zero-order chi connectivity index (χ0) is 21.4. The van der Waals surface area contributed by atoms with Gasteiger partial charge in [-0.1, -0.05) is 67.5 Å². The normalized spacial score (nSPS) is 11.5. The summed E-state index contributed by atoms with van der Waals surface area (Å²) in [5.74, 6) is -0.312. The first-order valence-electron chi connectivity index (χ1n) is 9.12. The maximum Gasteiger partial charge on any atom is 0.309 e. The standard InChI is InChI=1S/C22H12Br2N4OS2/c23-14-7-5-13(6-8-14)12-25-28(22-27-17-10-9-15(24)11-19(17)31-22)21(29)20-26-16-3-1-2-4-18(16)30-20/h1-12H/b25-12+. The average Bonchev–Trinajstić information content (AvgIpc) is 3.38. The first kappa shape index (κ1) is 20.4. The third kappa shape index (κ3) is 4.31. The minimum atomic E-state index is -0.312. The molecule has 0 aliphatic rings. The molecule has 0 N–H and O–H groups in total. The van der Waals surface area contributed by atoms with Gasteiger partial charge in [-0.3, -0.25) is 4.79 Å². The number of aromatic nitrogens is 2. The molecule has 0 saturated heterocycles. The number of amides is 1. The fraction of sp³-hybridized carbons (Fsp3) is 0. The summed E-state index contributed by atoms with van der Waals surface area (Å²) >= 11 is 9.67. The summed E-state index contributed by atoms with van der Waals surface area (Å²) in [4.78, 5) is 22.6. The van der Waals surface area contributed by atoms with Crippen LogP contribution < -0.4 is 5.01 Å². The van der Waals surface area contributed by atoms with E-state index in [4.69, 9.17) is 0 Å². The Balaban J connectivity index is 1.58. The molecule has 0 radical (unpaired) electrons. The number of thiazole rings is 2. The first-order valence-corrected chi connectivity index (χ1v) is 12.3. The van der Waals surface area contributed by atoms with Crippen molar-refractivity contribution in [1.29, 1.82) is 0 Å². The van der Waals surface area contributed by atoms with Gasteiger partial charge >= 0.3 is 5.91 Å². The van der Waals surface area contributed by atoms with Gasteiger partial charge in [-0.2, -0.15) is 10.1 Å². The highest BCUT2D eigenvalue weighted by atomic mass is 79.9. The molecule has 1 amide bonds. The fourth-order valence-electron chi connectivity index (χ4n) is 2.89. The fourth-order valence-corrected chi connectivity index (χ4v) is 5.52. The lowest BCUT2D eigenvalue weighted by Crippen LogP contribution is -2.25. The molecule has 0 unspecified atom stereocenters. The Morgan fingerprint density at radius 3 is 2.42 bits per heavy atom. The van der Waals surface area contributed by atoms with Crippen LogP contribution in [-0.4, -0.2) is 22.1 Å². The van der Waals surface area contributed by atoms with Crippen LogP contribution in [0.25, 0.3) is 20.4 Å². The van der Waals surface area contributed by atoms with Gasteiger partial charge in [-0.05, 0) is 48.0 Å². The SMILES string of the molecule is O=C(c1nc2ccccc2s1)N(/N=C/c1ccc(Br)cc1)c1nc2ccc(Br)cc2s1. The van der Waals surface area contributed by atoms with E-state index in [1.807, 2.05) is 66.7 Å². The van der Waals surface area contributed by atoms with Crippen LogP contribution in [0.4, 0.5) is 5.13 Å². The topological polar surface area (TPSA) is 58.5 Å². The molecule has 2 aromatic heterocycles. The zero-order valence-corrected chi connectivity index (χ0v) is 20.5. The Morgan fingerprint density at radius 2 is 1.61 bits per heavy atom. The lowest BCUT2D eigenvalue weighted by Gasteiger charge is -2.11. The molecule has 3 aromatic carbocycles. The molecule has 0 aliphatic heterocycles. The van der Waals surface area contributed by atoms with Crippen molar-refractivity contribution in [2.45, 2.75) is 0 Å².